The van der Waals surface area contributed by atoms with Crippen molar-refractivity contribution >= 4 is 5.97 Å². The molecule has 0 bridgehead atoms. The zero-order valence-electron chi connectivity index (χ0n) is 11.6. The lowest BCUT2D eigenvalue weighted by atomic mass is 9.80. The minimum Gasteiger partial charge on any atom is -0.458 e. The highest BCUT2D eigenvalue weighted by atomic mass is 16.6. The van der Waals surface area contributed by atoms with Gasteiger partial charge in [-0.25, -0.2) is 4.79 Å². The molecule has 106 valence electrons. The smallest absolute Gasteiger partial charge is 0.334 e. The second-order valence-corrected chi connectivity index (χ2v) is 6.06. The van der Waals surface area contributed by atoms with Crippen molar-refractivity contribution in [2.45, 2.75) is 57.3 Å². The number of ether oxygens (including phenoxy) is 1. The van der Waals surface area contributed by atoms with E-state index in [1.165, 1.54) is 0 Å². The summed E-state index contributed by atoms with van der Waals surface area (Å²) in [5, 5.41) is 20.7. The molecule has 2 N–H and O–H groups in total. The molecule has 0 amide bonds. The molecular formula is C15H22O4. The summed E-state index contributed by atoms with van der Waals surface area (Å²) >= 11 is 0. The van der Waals surface area contributed by atoms with Crippen LogP contribution in [-0.2, 0) is 9.53 Å². The third-order valence-electron chi connectivity index (χ3n) is 4.09. The molecule has 4 heteroatoms. The second kappa shape index (κ2) is 5.10. The van der Waals surface area contributed by atoms with Gasteiger partial charge in [0.05, 0.1) is 17.6 Å². The number of carbonyl (C=O) groups excluding carboxylic acids is 1. The number of hydrogen-bond donors (Lipinski definition) is 2. The standard InChI is InChI=1S/C15H22O4/c1-9-5-4-6-15(3,18)8-12-13(11(16)7-9)10(2)14(17)19-12/h5,11-13,16,18H,2,4,6-8H2,1,3H3/t11-,12?,13?,15+/m0/s1. The fraction of sp³-hybridized carbons (Fsp3) is 0.667. The summed E-state index contributed by atoms with van der Waals surface area (Å²) in [6.07, 6.45) is 3.11. The SMILES string of the molecule is C=C1C(=O)OC2C[C@](C)(O)CCC=C(C)C[C@H](O)C12. The fourth-order valence-electron chi connectivity index (χ4n) is 3.00. The molecule has 1 aliphatic heterocycles. The molecule has 19 heavy (non-hydrogen) atoms. The average molecular weight is 266 g/mol. The van der Waals surface area contributed by atoms with Gasteiger partial charge in [-0.15, -0.1) is 0 Å². The van der Waals surface area contributed by atoms with Gasteiger partial charge < -0.3 is 14.9 Å². The zero-order chi connectivity index (χ0) is 14.2. The van der Waals surface area contributed by atoms with E-state index in [1.54, 1.807) is 6.92 Å². The summed E-state index contributed by atoms with van der Waals surface area (Å²) in [5.41, 5.74) is 0.486. The Balaban J connectivity index is 2.30. The fourth-order valence-corrected chi connectivity index (χ4v) is 3.00. The van der Waals surface area contributed by atoms with Crippen LogP contribution in [0.4, 0.5) is 0 Å². The molecule has 0 spiro atoms. The summed E-state index contributed by atoms with van der Waals surface area (Å²) in [7, 11) is 0. The minimum absolute atomic E-state index is 0.321. The van der Waals surface area contributed by atoms with Gasteiger partial charge in [0, 0.05) is 12.0 Å². The summed E-state index contributed by atoms with van der Waals surface area (Å²) in [5.74, 6) is -0.869. The topological polar surface area (TPSA) is 66.8 Å². The molecule has 1 heterocycles. The van der Waals surface area contributed by atoms with Gasteiger partial charge in [0.2, 0.25) is 0 Å². The minimum atomic E-state index is -0.901. The van der Waals surface area contributed by atoms with Crippen LogP contribution in [0.1, 0.15) is 39.5 Å². The van der Waals surface area contributed by atoms with Crippen LogP contribution in [-0.4, -0.2) is 34.0 Å². The third kappa shape index (κ3) is 3.07. The van der Waals surface area contributed by atoms with Gasteiger partial charge >= 0.3 is 5.97 Å². The molecule has 0 saturated carbocycles. The van der Waals surface area contributed by atoms with Crippen molar-refractivity contribution in [3.63, 3.8) is 0 Å². The lowest BCUT2D eigenvalue weighted by Gasteiger charge is -2.31. The van der Waals surface area contributed by atoms with Gasteiger partial charge in [-0.05, 0) is 33.1 Å². The molecule has 2 aliphatic rings. The van der Waals surface area contributed by atoms with E-state index in [1.807, 2.05) is 13.0 Å². The molecule has 0 radical (unpaired) electrons. The molecule has 2 rings (SSSR count). The van der Waals surface area contributed by atoms with E-state index in [0.29, 0.717) is 24.8 Å². The Bertz CT molecular complexity index is 422. The Morgan fingerprint density at radius 2 is 2.21 bits per heavy atom. The second-order valence-electron chi connectivity index (χ2n) is 6.06. The maximum absolute atomic E-state index is 11.6. The molecule has 0 aromatic carbocycles. The quantitative estimate of drug-likeness (QED) is 0.398. The van der Waals surface area contributed by atoms with Gasteiger partial charge in [0.25, 0.3) is 0 Å². The first kappa shape index (κ1) is 14.3. The van der Waals surface area contributed by atoms with Crippen molar-refractivity contribution in [2.24, 2.45) is 5.92 Å². The Kier molecular flexibility index (Phi) is 3.83. The van der Waals surface area contributed by atoms with Crippen LogP contribution in [0.5, 0.6) is 0 Å². The van der Waals surface area contributed by atoms with E-state index in [9.17, 15) is 15.0 Å². The van der Waals surface area contributed by atoms with Gasteiger partial charge in [-0.1, -0.05) is 18.2 Å². The normalized spacial score (nSPS) is 40.4. The van der Waals surface area contributed by atoms with Crippen molar-refractivity contribution in [1.29, 1.82) is 0 Å². The monoisotopic (exact) mass is 266 g/mol. The Morgan fingerprint density at radius 3 is 2.89 bits per heavy atom. The lowest BCUT2D eigenvalue weighted by molar-refractivity contribution is -0.142. The van der Waals surface area contributed by atoms with Crippen LogP contribution >= 0.6 is 0 Å². The molecule has 1 aliphatic carbocycles. The molecule has 0 aromatic heterocycles. The van der Waals surface area contributed by atoms with E-state index < -0.39 is 29.7 Å². The molecule has 4 atom stereocenters. The largest absolute Gasteiger partial charge is 0.458 e. The van der Waals surface area contributed by atoms with Crippen LogP contribution in [0.3, 0.4) is 0 Å². The van der Waals surface area contributed by atoms with Crippen molar-refractivity contribution in [3.05, 3.63) is 23.8 Å². The third-order valence-corrected chi connectivity index (χ3v) is 4.09. The van der Waals surface area contributed by atoms with Crippen molar-refractivity contribution < 1.29 is 19.7 Å². The summed E-state index contributed by atoms with van der Waals surface area (Å²) in [4.78, 5) is 11.6. The van der Waals surface area contributed by atoms with Crippen LogP contribution in [0.25, 0.3) is 0 Å². The predicted octanol–water partition coefficient (Wildman–Crippen LogP) is 1.72. The van der Waals surface area contributed by atoms with E-state index in [2.05, 4.69) is 6.58 Å². The van der Waals surface area contributed by atoms with E-state index in [4.69, 9.17) is 4.74 Å². The van der Waals surface area contributed by atoms with Crippen molar-refractivity contribution in [2.75, 3.05) is 0 Å². The summed E-state index contributed by atoms with van der Waals surface area (Å²) < 4.78 is 5.27. The van der Waals surface area contributed by atoms with Gasteiger partial charge in [-0.3, -0.25) is 0 Å². The number of allylic oxidation sites excluding steroid dienone is 1. The number of aliphatic hydroxyl groups is 2. The Labute approximate surface area is 113 Å². The lowest BCUT2D eigenvalue weighted by Crippen LogP contribution is -2.37. The molecule has 1 fully saturated rings. The predicted molar refractivity (Wildman–Crippen MR) is 71.4 cm³/mol. The molecular weight excluding hydrogens is 244 g/mol. The van der Waals surface area contributed by atoms with Crippen molar-refractivity contribution in [3.8, 4) is 0 Å². The maximum Gasteiger partial charge on any atom is 0.334 e. The Hall–Kier alpha value is -1.13. The first-order chi connectivity index (χ1) is 8.80. The summed E-state index contributed by atoms with van der Waals surface area (Å²) in [6.45, 7) is 7.43. The van der Waals surface area contributed by atoms with Gasteiger partial charge in [0.1, 0.15) is 6.10 Å². The summed E-state index contributed by atoms with van der Waals surface area (Å²) in [6, 6.07) is 0. The molecule has 1 saturated heterocycles. The number of carbonyl (C=O) groups is 1. The zero-order valence-corrected chi connectivity index (χ0v) is 11.6. The molecule has 0 aromatic rings. The highest BCUT2D eigenvalue weighted by Crippen LogP contribution is 2.37. The van der Waals surface area contributed by atoms with Crippen LogP contribution in [0, 0.1) is 5.92 Å². The molecule has 4 nitrogen and oxygen atoms in total. The van der Waals surface area contributed by atoms with Crippen LogP contribution in [0.2, 0.25) is 0 Å². The van der Waals surface area contributed by atoms with Gasteiger partial charge in [-0.2, -0.15) is 0 Å². The van der Waals surface area contributed by atoms with E-state index >= 15 is 0 Å². The number of rotatable bonds is 0. The molecule has 2 unspecified atom stereocenters. The number of hydrogen-bond acceptors (Lipinski definition) is 4. The number of fused-ring (bicyclic) bond motifs is 1. The van der Waals surface area contributed by atoms with E-state index in [-0.39, 0.29) is 0 Å². The van der Waals surface area contributed by atoms with Crippen LogP contribution in [0.15, 0.2) is 23.8 Å². The average Bonchev–Trinajstić information content (AvgIpc) is 2.52. The van der Waals surface area contributed by atoms with Crippen molar-refractivity contribution in [1.82, 2.24) is 0 Å². The Morgan fingerprint density at radius 1 is 1.53 bits per heavy atom. The first-order valence-corrected chi connectivity index (χ1v) is 6.76. The first-order valence-electron chi connectivity index (χ1n) is 6.76. The number of aliphatic hydroxyl groups excluding tert-OH is 1. The number of esters is 1. The highest BCUT2D eigenvalue weighted by Gasteiger charge is 2.45. The maximum atomic E-state index is 11.6. The van der Waals surface area contributed by atoms with E-state index in [0.717, 1.165) is 12.0 Å². The van der Waals surface area contributed by atoms with Crippen LogP contribution < -0.4 is 0 Å². The highest BCUT2D eigenvalue weighted by molar-refractivity contribution is 5.91. The van der Waals surface area contributed by atoms with Gasteiger partial charge in [0.15, 0.2) is 0 Å².